The van der Waals surface area contributed by atoms with Crippen molar-refractivity contribution in [3.05, 3.63) is 29.3 Å². The highest BCUT2D eigenvalue weighted by atomic mass is 16.5. The lowest BCUT2D eigenvalue weighted by molar-refractivity contribution is 0.308. The first kappa shape index (κ1) is 14.4. The Bertz CT molecular complexity index is 409. The van der Waals surface area contributed by atoms with E-state index in [4.69, 9.17) is 4.74 Å². The van der Waals surface area contributed by atoms with Gasteiger partial charge in [-0.3, -0.25) is 0 Å². The molecule has 3 nitrogen and oxygen atoms in total. The van der Waals surface area contributed by atoms with Gasteiger partial charge in [-0.05, 0) is 35.4 Å². The lowest BCUT2D eigenvalue weighted by atomic mass is 9.82. The van der Waals surface area contributed by atoms with Gasteiger partial charge in [0.15, 0.2) is 0 Å². The zero-order valence-electron chi connectivity index (χ0n) is 12.4. The second-order valence-corrected chi connectivity index (χ2v) is 5.84. The summed E-state index contributed by atoms with van der Waals surface area (Å²) in [5.74, 6) is 1.02. The zero-order valence-corrected chi connectivity index (χ0v) is 12.4. The summed E-state index contributed by atoms with van der Waals surface area (Å²) in [7, 11) is 1.76. The number of hydrogen-bond donors (Lipinski definition) is 2. The van der Waals surface area contributed by atoms with Gasteiger partial charge in [0.1, 0.15) is 5.75 Å². The monoisotopic (exact) mass is 262 g/mol. The summed E-state index contributed by atoms with van der Waals surface area (Å²) in [6, 6.07) is 6.57. The molecule has 0 amide bonds. The van der Waals surface area contributed by atoms with Gasteiger partial charge in [-0.1, -0.05) is 26.0 Å². The molecular weight excluding hydrogens is 236 g/mol. The third kappa shape index (κ3) is 3.71. The van der Waals surface area contributed by atoms with Crippen molar-refractivity contribution in [3.8, 4) is 5.75 Å². The highest BCUT2D eigenvalue weighted by molar-refractivity contribution is 5.38. The number of benzene rings is 1. The Hall–Kier alpha value is -1.06. The van der Waals surface area contributed by atoms with Crippen molar-refractivity contribution in [2.75, 3.05) is 33.3 Å². The average molecular weight is 262 g/mol. The van der Waals surface area contributed by atoms with Crippen LogP contribution in [0.2, 0.25) is 0 Å². The summed E-state index contributed by atoms with van der Waals surface area (Å²) in [6.45, 7) is 8.76. The molecule has 2 rings (SSSR count). The molecule has 1 aromatic rings. The lowest BCUT2D eigenvalue weighted by Gasteiger charge is -2.29. The number of nitrogens with one attached hydrogen (secondary N) is 2. The van der Waals surface area contributed by atoms with E-state index in [0.717, 1.165) is 44.8 Å². The number of aryl methyl sites for hydroxylation is 1. The molecular formula is C16H26N2O. The largest absolute Gasteiger partial charge is 0.496 e. The summed E-state index contributed by atoms with van der Waals surface area (Å²) in [4.78, 5) is 0. The van der Waals surface area contributed by atoms with E-state index in [1.165, 1.54) is 11.1 Å². The maximum atomic E-state index is 5.52. The molecule has 0 aromatic heterocycles. The van der Waals surface area contributed by atoms with Gasteiger partial charge in [-0.15, -0.1) is 0 Å². The van der Waals surface area contributed by atoms with Crippen LogP contribution in [-0.2, 0) is 12.8 Å². The third-order valence-corrected chi connectivity index (χ3v) is 3.95. The van der Waals surface area contributed by atoms with Crippen LogP contribution in [0.15, 0.2) is 18.2 Å². The molecule has 2 N–H and O–H groups in total. The van der Waals surface area contributed by atoms with Crippen molar-refractivity contribution >= 4 is 0 Å². The molecule has 19 heavy (non-hydrogen) atoms. The Balaban J connectivity index is 2.20. The van der Waals surface area contributed by atoms with Crippen LogP contribution in [0.1, 0.15) is 25.0 Å². The van der Waals surface area contributed by atoms with Gasteiger partial charge in [0.25, 0.3) is 0 Å². The Labute approximate surface area is 116 Å². The first-order valence-corrected chi connectivity index (χ1v) is 7.24. The van der Waals surface area contributed by atoms with E-state index in [0.29, 0.717) is 0 Å². The van der Waals surface area contributed by atoms with E-state index < -0.39 is 0 Å². The van der Waals surface area contributed by atoms with Crippen molar-refractivity contribution < 1.29 is 4.74 Å². The molecule has 1 saturated heterocycles. The first-order valence-electron chi connectivity index (χ1n) is 7.24. The molecule has 1 aliphatic heterocycles. The molecule has 0 aliphatic carbocycles. The molecule has 1 heterocycles. The maximum absolute atomic E-state index is 5.52. The fourth-order valence-electron chi connectivity index (χ4n) is 2.79. The molecule has 1 fully saturated rings. The number of ether oxygens (including phenoxy) is 1. The summed E-state index contributed by atoms with van der Waals surface area (Å²) in [5.41, 5.74) is 2.96. The Morgan fingerprint density at radius 3 is 2.47 bits per heavy atom. The van der Waals surface area contributed by atoms with Crippen molar-refractivity contribution in [1.29, 1.82) is 0 Å². The molecule has 1 aromatic carbocycles. The highest BCUT2D eigenvalue weighted by Crippen LogP contribution is 2.29. The number of methoxy groups -OCH3 is 1. The zero-order chi connectivity index (χ0) is 13.7. The van der Waals surface area contributed by atoms with Crippen LogP contribution in [-0.4, -0.2) is 33.3 Å². The SMILES string of the molecule is CCc1ccc(OC)c(CC2(C)CNCCNC2)c1. The van der Waals surface area contributed by atoms with Gasteiger partial charge in [-0.25, -0.2) is 0 Å². The topological polar surface area (TPSA) is 33.3 Å². The van der Waals surface area contributed by atoms with Crippen LogP contribution in [0.3, 0.4) is 0 Å². The minimum absolute atomic E-state index is 0.246. The van der Waals surface area contributed by atoms with Crippen LogP contribution < -0.4 is 15.4 Å². The van der Waals surface area contributed by atoms with E-state index in [1.807, 2.05) is 0 Å². The van der Waals surface area contributed by atoms with E-state index in [-0.39, 0.29) is 5.41 Å². The smallest absolute Gasteiger partial charge is 0.122 e. The van der Waals surface area contributed by atoms with Crippen LogP contribution in [0.5, 0.6) is 5.75 Å². The number of rotatable bonds is 4. The van der Waals surface area contributed by atoms with E-state index >= 15 is 0 Å². The van der Waals surface area contributed by atoms with Crippen LogP contribution in [0.25, 0.3) is 0 Å². The third-order valence-electron chi connectivity index (χ3n) is 3.95. The van der Waals surface area contributed by atoms with E-state index in [9.17, 15) is 0 Å². The molecule has 3 heteroatoms. The van der Waals surface area contributed by atoms with Gasteiger partial charge in [0.2, 0.25) is 0 Å². The second kappa shape index (κ2) is 6.40. The Morgan fingerprint density at radius 2 is 1.89 bits per heavy atom. The second-order valence-electron chi connectivity index (χ2n) is 5.84. The van der Waals surface area contributed by atoms with Crippen LogP contribution in [0, 0.1) is 5.41 Å². The maximum Gasteiger partial charge on any atom is 0.122 e. The van der Waals surface area contributed by atoms with Crippen molar-refractivity contribution in [3.63, 3.8) is 0 Å². The van der Waals surface area contributed by atoms with Gasteiger partial charge < -0.3 is 15.4 Å². The minimum Gasteiger partial charge on any atom is -0.496 e. The van der Waals surface area contributed by atoms with Gasteiger partial charge in [0, 0.05) is 26.2 Å². The Kier molecular flexibility index (Phi) is 4.83. The number of hydrogen-bond acceptors (Lipinski definition) is 3. The molecule has 1 aliphatic rings. The van der Waals surface area contributed by atoms with Crippen molar-refractivity contribution in [2.45, 2.75) is 26.7 Å². The molecule has 0 unspecified atom stereocenters. The molecule has 0 bridgehead atoms. The average Bonchev–Trinajstić information content (AvgIpc) is 2.63. The summed E-state index contributed by atoms with van der Waals surface area (Å²) in [5, 5.41) is 7.04. The summed E-state index contributed by atoms with van der Waals surface area (Å²) >= 11 is 0. The minimum atomic E-state index is 0.246. The van der Waals surface area contributed by atoms with Gasteiger partial charge >= 0.3 is 0 Å². The van der Waals surface area contributed by atoms with Gasteiger partial charge in [-0.2, -0.15) is 0 Å². The molecule has 0 saturated carbocycles. The standard InChI is InChI=1S/C16H26N2O/c1-4-13-5-6-15(19-3)14(9-13)10-16(2)11-17-7-8-18-12-16/h5-6,9,17-18H,4,7-8,10-12H2,1-3H3. The van der Waals surface area contributed by atoms with Gasteiger partial charge in [0.05, 0.1) is 7.11 Å². The summed E-state index contributed by atoms with van der Waals surface area (Å²) in [6.07, 6.45) is 2.12. The molecule has 0 atom stereocenters. The fraction of sp³-hybridized carbons (Fsp3) is 0.625. The normalized spacial score (nSPS) is 18.9. The molecule has 0 radical (unpaired) electrons. The van der Waals surface area contributed by atoms with E-state index in [2.05, 4.69) is 42.7 Å². The van der Waals surface area contributed by atoms with Crippen LogP contribution >= 0.6 is 0 Å². The molecule has 106 valence electrons. The van der Waals surface area contributed by atoms with Crippen molar-refractivity contribution in [2.24, 2.45) is 5.41 Å². The lowest BCUT2D eigenvalue weighted by Crippen LogP contribution is -2.37. The first-order chi connectivity index (χ1) is 9.17. The Morgan fingerprint density at radius 1 is 1.21 bits per heavy atom. The van der Waals surface area contributed by atoms with Crippen molar-refractivity contribution in [1.82, 2.24) is 10.6 Å². The predicted octanol–water partition coefficient (Wildman–Crippen LogP) is 2.00. The quantitative estimate of drug-likeness (QED) is 0.871. The molecule has 0 spiro atoms. The fourth-order valence-corrected chi connectivity index (χ4v) is 2.79. The van der Waals surface area contributed by atoms with Crippen LogP contribution in [0.4, 0.5) is 0 Å². The highest BCUT2D eigenvalue weighted by Gasteiger charge is 2.27. The summed E-state index contributed by atoms with van der Waals surface area (Å²) < 4.78 is 5.52. The predicted molar refractivity (Wildman–Crippen MR) is 79.9 cm³/mol. The van der Waals surface area contributed by atoms with E-state index in [1.54, 1.807) is 7.11 Å².